The highest BCUT2D eigenvalue weighted by molar-refractivity contribution is 5.92. The van der Waals surface area contributed by atoms with Crippen molar-refractivity contribution >= 4 is 30.7 Å². The molecule has 1 fully saturated rings. The van der Waals surface area contributed by atoms with Gasteiger partial charge in [-0.1, -0.05) is 6.07 Å². The van der Waals surface area contributed by atoms with Crippen LogP contribution in [-0.2, 0) is 0 Å². The van der Waals surface area contributed by atoms with Gasteiger partial charge in [-0.05, 0) is 19.1 Å². The molecule has 0 unspecified atom stereocenters. The van der Waals surface area contributed by atoms with Crippen molar-refractivity contribution in [3.05, 3.63) is 30.1 Å². The van der Waals surface area contributed by atoms with Crippen molar-refractivity contribution in [2.45, 2.75) is 13.0 Å². The highest BCUT2D eigenvalue weighted by atomic mass is 35.5. The van der Waals surface area contributed by atoms with E-state index in [0.717, 1.165) is 19.6 Å². The monoisotopic (exact) mass is 277 g/mol. The maximum Gasteiger partial charge on any atom is 0.272 e. The van der Waals surface area contributed by atoms with Crippen LogP contribution in [0.2, 0.25) is 0 Å². The quantitative estimate of drug-likeness (QED) is 0.843. The van der Waals surface area contributed by atoms with Gasteiger partial charge >= 0.3 is 0 Å². The number of carbonyl (C=O) groups is 1. The predicted octanol–water partition coefficient (Wildman–Crippen LogP) is 1.36. The van der Waals surface area contributed by atoms with Gasteiger partial charge in [0.2, 0.25) is 0 Å². The van der Waals surface area contributed by atoms with Gasteiger partial charge in [0.15, 0.2) is 0 Å². The standard InChI is InChI=1S/C11H15N3O.2ClH/c1-9-8-14(7-6-12-9)11(15)10-4-2-3-5-13-10;;/h2-5,9,12H,6-8H2,1H3;2*1H/t9-;;/m0../s1. The highest BCUT2D eigenvalue weighted by Crippen LogP contribution is 2.05. The first-order valence-corrected chi connectivity index (χ1v) is 5.21. The second-order valence-corrected chi connectivity index (χ2v) is 3.82. The van der Waals surface area contributed by atoms with Crippen LogP contribution >= 0.6 is 24.8 Å². The molecule has 0 aliphatic carbocycles. The summed E-state index contributed by atoms with van der Waals surface area (Å²) >= 11 is 0. The van der Waals surface area contributed by atoms with Crippen LogP contribution in [0.5, 0.6) is 0 Å². The Balaban J connectivity index is 0.00000128. The molecule has 2 heterocycles. The molecule has 2 rings (SSSR count). The zero-order valence-corrected chi connectivity index (χ0v) is 11.3. The average Bonchev–Trinajstić information content (AvgIpc) is 2.29. The molecule has 96 valence electrons. The number of carbonyl (C=O) groups excluding carboxylic acids is 1. The zero-order valence-electron chi connectivity index (χ0n) is 9.63. The molecule has 0 radical (unpaired) electrons. The maximum absolute atomic E-state index is 12.0. The number of amides is 1. The Labute approximate surface area is 114 Å². The van der Waals surface area contributed by atoms with Crippen molar-refractivity contribution in [1.82, 2.24) is 15.2 Å². The molecule has 17 heavy (non-hydrogen) atoms. The van der Waals surface area contributed by atoms with E-state index in [-0.39, 0.29) is 30.7 Å². The fraction of sp³-hybridized carbons (Fsp3) is 0.455. The summed E-state index contributed by atoms with van der Waals surface area (Å²) in [7, 11) is 0. The number of pyridine rings is 1. The molecule has 1 atom stereocenters. The van der Waals surface area contributed by atoms with Crippen molar-refractivity contribution in [3.8, 4) is 0 Å². The summed E-state index contributed by atoms with van der Waals surface area (Å²) in [5, 5.41) is 3.30. The summed E-state index contributed by atoms with van der Waals surface area (Å²) in [6, 6.07) is 5.78. The van der Waals surface area contributed by atoms with Crippen molar-refractivity contribution < 1.29 is 4.79 Å². The number of piperazine rings is 1. The summed E-state index contributed by atoms with van der Waals surface area (Å²) < 4.78 is 0. The summed E-state index contributed by atoms with van der Waals surface area (Å²) in [6.45, 7) is 4.47. The van der Waals surface area contributed by atoms with E-state index in [9.17, 15) is 4.79 Å². The van der Waals surface area contributed by atoms with Gasteiger partial charge in [-0.25, -0.2) is 0 Å². The zero-order chi connectivity index (χ0) is 10.7. The number of nitrogens with one attached hydrogen (secondary N) is 1. The summed E-state index contributed by atoms with van der Waals surface area (Å²) in [5.74, 6) is 0.0314. The third kappa shape index (κ3) is 4.15. The normalized spacial score (nSPS) is 18.9. The largest absolute Gasteiger partial charge is 0.334 e. The van der Waals surface area contributed by atoms with E-state index < -0.39 is 0 Å². The fourth-order valence-electron chi connectivity index (χ4n) is 1.77. The van der Waals surface area contributed by atoms with Crippen molar-refractivity contribution in [2.75, 3.05) is 19.6 Å². The second-order valence-electron chi connectivity index (χ2n) is 3.82. The van der Waals surface area contributed by atoms with Crippen LogP contribution in [0.15, 0.2) is 24.4 Å². The summed E-state index contributed by atoms with van der Waals surface area (Å²) in [4.78, 5) is 17.9. The van der Waals surface area contributed by atoms with Gasteiger partial charge in [-0.15, -0.1) is 24.8 Å². The van der Waals surface area contributed by atoms with Crippen molar-refractivity contribution in [1.29, 1.82) is 0 Å². The highest BCUT2D eigenvalue weighted by Gasteiger charge is 2.21. The third-order valence-corrected chi connectivity index (χ3v) is 2.54. The van der Waals surface area contributed by atoms with E-state index in [1.807, 2.05) is 17.0 Å². The number of halogens is 2. The SMILES string of the molecule is C[C@H]1CN(C(=O)c2ccccn2)CCN1.Cl.Cl. The van der Waals surface area contributed by atoms with Crippen LogP contribution in [0.1, 0.15) is 17.4 Å². The number of hydrogen-bond acceptors (Lipinski definition) is 3. The van der Waals surface area contributed by atoms with Crippen molar-refractivity contribution in [3.63, 3.8) is 0 Å². The first-order chi connectivity index (χ1) is 7.27. The Kier molecular flexibility index (Phi) is 7.11. The Morgan fingerprint density at radius 2 is 2.24 bits per heavy atom. The minimum atomic E-state index is 0. The van der Waals surface area contributed by atoms with Gasteiger partial charge in [0.05, 0.1) is 0 Å². The molecule has 1 aliphatic rings. The molecule has 1 aliphatic heterocycles. The molecule has 0 aromatic carbocycles. The van der Waals surface area contributed by atoms with Gasteiger partial charge in [0.25, 0.3) is 5.91 Å². The van der Waals surface area contributed by atoms with Gasteiger partial charge in [0, 0.05) is 31.9 Å². The summed E-state index contributed by atoms with van der Waals surface area (Å²) in [5.41, 5.74) is 0.534. The lowest BCUT2D eigenvalue weighted by molar-refractivity contribution is 0.0703. The summed E-state index contributed by atoms with van der Waals surface area (Å²) in [6.07, 6.45) is 1.65. The maximum atomic E-state index is 12.0. The average molecular weight is 278 g/mol. The number of aromatic nitrogens is 1. The molecule has 1 aromatic rings. The fourth-order valence-corrected chi connectivity index (χ4v) is 1.77. The molecule has 1 amide bonds. The predicted molar refractivity (Wildman–Crippen MR) is 72.1 cm³/mol. The number of nitrogens with zero attached hydrogens (tertiary/aromatic N) is 2. The molecule has 0 spiro atoms. The minimum absolute atomic E-state index is 0. The lowest BCUT2D eigenvalue weighted by Crippen LogP contribution is -2.51. The van der Waals surface area contributed by atoms with Gasteiger partial charge in [-0.2, -0.15) is 0 Å². The molecule has 4 nitrogen and oxygen atoms in total. The van der Waals surface area contributed by atoms with Crippen LogP contribution in [0.25, 0.3) is 0 Å². The van der Waals surface area contributed by atoms with Crippen LogP contribution < -0.4 is 5.32 Å². The molecule has 1 N–H and O–H groups in total. The van der Waals surface area contributed by atoms with E-state index in [4.69, 9.17) is 0 Å². The first-order valence-electron chi connectivity index (χ1n) is 5.21. The Morgan fingerprint density at radius 3 is 2.82 bits per heavy atom. The number of rotatable bonds is 1. The molecular weight excluding hydrogens is 261 g/mol. The molecular formula is C11H17Cl2N3O. The minimum Gasteiger partial charge on any atom is -0.334 e. The van der Waals surface area contributed by atoms with Crippen LogP contribution in [-0.4, -0.2) is 41.5 Å². The van der Waals surface area contributed by atoms with Crippen molar-refractivity contribution in [2.24, 2.45) is 0 Å². The molecule has 6 heteroatoms. The molecule has 0 saturated carbocycles. The van der Waals surface area contributed by atoms with Gasteiger partial charge in [-0.3, -0.25) is 9.78 Å². The third-order valence-electron chi connectivity index (χ3n) is 2.54. The molecule has 1 aromatic heterocycles. The van der Waals surface area contributed by atoms with Crippen LogP contribution in [0.4, 0.5) is 0 Å². The molecule has 0 bridgehead atoms. The Bertz CT molecular complexity index is 348. The van der Waals surface area contributed by atoms with Gasteiger partial charge in [0.1, 0.15) is 5.69 Å². The number of hydrogen-bond donors (Lipinski definition) is 1. The van der Waals surface area contributed by atoms with E-state index in [2.05, 4.69) is 17.2 Å². The Morgan fingerprint density at radius 1 is 1.47 bits per heavy atom. The smallest absolute Gasteiger partial charge is 0.272 e. The van der Waals surface area contributed by atoms with E-state index in [1.54, 1.807) is 12.3 Å². The first kappa shape index (κ1) is 16.2. The lowest BCUT2D eigenvalue weighted by Gasteiger charge is -2.31. The second kappa shape index (κ2) is 7.48. The van der Waals surface area contributed by atoms with Crippen LogP contribution in [0.3, 0.4) is 0 Å². The lowest BCUT2D eigenvalue weighted by atomic mass is 10.2. The van der Waals surface area contributed by atoms with Gasteiger partial charge < -0.3 is 10.2 Å². The van der Waals surface area contributed by atoms with Crippen LogP contribution in [0, 0.1) is 0 Å². The molecule has 1 saturated heterocycles. The van der Waals surface area contributed by atoms with E-state index in [1.165, 1.54) is 0 Å². The Hall–Kier alpha value is -0.840. The van der Waals surface area contributed by atoms with E-state index in [0.29, 0.717) is 11.7 Å². The van der Waals surface area contributed by atoms with E-state index >= 15 is 0 Å². The topological polar surface area (TPSA) is 45.2 Å².